The zero-order valence-corrected chi connectivity index (χ0v) is 9.62. The Bertz CT molecular complexity index is 339. The number of amides is 1. The van der Waals surface area contributed by atoms with E-state index >= 15 is 0 Å². The van der Waals surface area contributed by atoms with Crippen LogP contribution in [0.4, 0.5) is 5.69 Å². The fourth-order valence-electron chi connectivity index (χ4n) is 1.47. The van der Waals surface area contributed by atoms with Gasteiger partial charge in [-0.05, 0) is 31.5 Å². The Morgan fingerprint density at radius 3 is 2.75 bits per heavy atom. The van der Waals surface area contributed by atoms with Gasteiger partial charge in [-0.25, -0.2) is 0 Å². The van der Waals surface area contributed by atoms with Gasteiger partial charge in [-0.3, -0.25) is 4.79 Å². The molecule has 0 heterocycles. The largest absolute Gasteiger partial charge is 0.387 e. The molecule has 4 heteroatoms. The fraction of sp³-hybridized carbons (Fsp3) is 0.417. The molecule has 0 aliphatic carbocycles. The quantitative estimate of drug-likeness (QED) is 0.632. The molecule has 16 heavy (non-hydrogen) atoms. The highest BCUT2D eigenvalue weighted by Gasteiger charge is 2.08. The van der Waals surface area contributed by atoms with E-state index in [9.17, 15) is 4.79 Å². The minimum absolute atomic E-state index is 0.0398. The lowest BCUT2D eigenvalue weighted by molar-refractivity contribution is 0.0954. The molecule has 0 fully saturated rings. The first-order valence-electron chi connectivity index (χ1n) is 5.54. The topological polar surface area (TPSA) is 67.2 Å². The van der Waals surface area contributed by atoms with Gasteiger partial charge in [0, 0.05) is 19.3 Å². The Morgan fingerprint density at radius 2 is 2.06 bits per heavy atom. The van der Waals surface area contributed by atoms with Crippen molar-refractivity contribution in [1.82, 2.24) is 5.32 Å². The number of carbonyl (C=O) groups excluding carboxylic acids is 1. The van der Waals surface area contributed by atoms with E-state index in [0.29, 0.717) is 18.7 Å². The molecule has 0 unspecified atom stereocenters. The van der Waals surface area contributed by atoms with Gasteiger partial charge in [-0.2, -0.15) is 0 Å². The molecule has 0 aromatic heterocycles. The number of para-hydroxylation sites is 1. The zero-order valence-electron chi connectivity index (χ0n) is 9.62. The van der Waals surface area contributed by atoms with Gasteiger partial charge in [-0.15, -0.1) is 0 Å². The smallest absolute Gasteiger partial charge is 0.253 e. The van der Waals surface area contributed by atoms with E-state index in [1.165, 1.54) is 0 Å². The van der Waals surface area contributed by atoms with Crippen molar-refractivity contribution in [2.75, 3.05) is 25.5 Å². The molecule has 0 aliphatic rings. The Morgan fingerprint density at radius 1 is 1.31 bits per heavy atom. The van der Waals surface area contributed by atoms with Gasteiger partial charge in [0.05, 0.1) is 5.56 Å². The molecule has 0 radical (unpaired) electrons. The van der Waals surface area contributed by atoms with Crippen LogP contribution in [0.1, 0.15) is 23.2 Å². The summed E-state index contributed by atoms with van der Waals surface area (Å²) >= 11 is 0. The summed E-state index contributed by atoms with van der Waals surface area (Å²) in [4.78, 5) is 11.8. The van der Waals surface area contributed by atoms with Crippen molar-refractivity contribution in [3.63, 3.8) is 0 Å². The van der Waals surface area contributed by atoms with E-state index in [1.54, 1.807) is 7.05 Å². The summed E-state index contributed by atoms with van der Waals surface area (Å²) in [6, 6.07) is 7.45. The third kappa shape index (κ3) is 3.55. The SMILES string of the molecule is CNc1ccccc1C(=O)NCCCCN. The maximum absolute atomic E-state index is 11.8. The Kier molecular flexibility index (Phi) is 5.36. The van der Waals surface area contributed by atoms with Crippen LogP contribution in [-0.2, 0) is 0 Å². The van der Waals surface area contributed by atoms with Crippen molar-refractivity contribution < 1.29 is 4.79 Å². The van der Waals surface area contributed by atoms with Crippen molar-refractivity contribution in [2.24, 2.45) is 5.73 Å². The second-order valence-corrected chi connectivity index (χ2v) is 3.55. The molecule has 0 spiro atoms. The highest BCUT2D eigenvalue weighted by atomic mass is 16.1. The molecule has 0 atom stereocenters. The van der Waals surface area contributed by atoms with E-state index in [0.717, 1.165) is 18.5 Å². The molecule has 0 aliphatic heterocycles. The molecule has 0 saturated heterocycles. The van der Waals surface area contributed by atoms with Gasteiger partial charge < -0.3 is 16.4 Å². The third-order valence-corrected chi connectivity index (χ3v) is 2.36. The number of nitrogens with two attached hydrogens (primary N) is 1. The third-order valence-electron chi connectivity index (χ3n) is 2.36. The average molecular weight is 221 g/mol. The molecule has 1 rings (SSSR count). The van der Waals surface area contributed by atoms with E-state index in [4.69, 9.17) is 5.73 Å². The Balaban J connectivity index is 2.52. The van der Waals surface area contributed by atoms with Crippen molar-refractivity contribution in [1.29, 1.82) is 0 Å². The lowest BCUT2D eigenvalue weighted by Gasteiger charge is -2.09. The van der Waals surface area contributed by atoms with Crippen LogP contribution in [0.15, 0.2) is 24.3 Å². The molecule has 1 aromatic rings. The number of carbonyl (C=O) groups is 1. The van der Waals surface area contributed by atoms with Gasteiger partial charge in [0.1, 0.15) is 0 Å². The summed E-state index contributed by atoms with van der Waals surface area (Å²) in [5.41, 5.74) is 6.90. The molecule has 4 nitrogen and oxygen atoms in total. The molecule has 1 aromatic carbocycles. The van der Waals surface area contributed by atoms with Crippen molar-refractivity contribution >= 4 is 11.6 Å². The molecule has 4 N–H and O–H groups in total. The van der Waals surface area contributed by atoms with Crippen LogP contribution >= 0.6 is 0 Å². The van der Waals surface area contributed by atoms with E-state index < -0.39 is 0 Å². The zero-order chi connectivity index (χ0) is 11.8. The van der Waals surface area contributed by atoms with Crippen LogP contribution in [0.3, 0.4) is 0 Å². The molecule has 0 saturated carbocycles. The number of unbranched alkanes of at least 4 members (excludes halogenated alkanes) is 1. The second-order valence-electron chi connectivity index (χ2n) is 3.55. The molecule has 1 amide bonds. The lowest BCUT2D eigenvalue weighted by Crippen LogP contribution is -2.25. The standard InChI is InChI=1S/C12H19N3O/c1-14-11-7-3-2-6-10(11)12(16)15-9-5-4-8-13/h2-3,6-7,14H,4-5,8-9,13H2,1H3,(H,15,16). The monoisotopic (exact) mass is 221 g/mol. The maximum Gasteiger partial charge on any atom is 0.253 e. The van der Waals surface area contributed by atoms with Crippen LogP contribution in [0.5, 0.6) is 0 Å². The number of rotatable bonds is 6. The highest BCUT2D eigenvalue weighted by molar-refractivity contribution is 5.99. The fourth-order valence-corrected chi connectivity index (χ4v) is 1.47. The summed E-state index contributed by atoms with van der Waals surface area (Å²) in [6.07, 6.45) is 1.86. The minimum atomic E-state index is -0.0398. The molecule has 88 valence electrons. The highest BCUT2D eigenvalue weighted by Crippen LogP contribution is 2.13. The van der Waals surface area contributed by atoms with Crippen LogP contribution in [0.2, 0.25) is 0 Å². The first-order valence-corrected chi connectivity index (χ1v) is 5.54. The summed E-state index contributed by atoms with van der Waals surface area (Å²) in [7, 11) is 1.81. The maximum atomic E-state index is 11.8. The van der Waals surface area contributed by atoms with Crippen LogP contribution < -0.4 is 16.4 Å². The van der Waals surface area contributed by atoms with Gasteiger partial charge in [0.15, 0.2) is 0 Å². The number of benzene rings is 1. The summed E-state index contributed by atoms with van der Waals surface area (Å²) < 4.78 is 0. The van der Waals surface area contributed by atoms with E-state index in [-0.39, 0.29) is 5.91 Å². The van der Waals surface area contributed by atoms with Gasteiger partial charge in [-0.1, -0.05) is 12.1 Å². The van der Waals surface area contributed by atoms with Gasteiger partial charge in [0.2, 0.25) is 0 Å². The molecule has 0 bridgehead atoms. The first kappa shape index (κ1) is 12.5. The molecular formula is C12H19N3O. The number of hydrogen-bond donors (Lipinski definition) is 3. The Labute approximate surface area is 96.2 Å². The number of nitrogens with one attached hydrogen (secondary N) is 2. The van der Waals surface area contributed by atoms with Crippen LogP contribution in [0, 0.1) is 0 Å². The second kappa shape index (κ2) is 6.85. The Hall–Kier alpha value is -1.55. The van der Waals surface area contributed by atoms with Crippen molar-refractivity contribution in [2.45, 2.75) is 12.8 Å². The minimum Gasteiger partial charge on any atom is -0.387 e. The first-order chi connectivity index (χ1) is 7.79. The lowest BCUT2D eigenvalue weighted by atomic mass is 10.1. The van der Waals surface area contributed by atoms with Gasteiger partial charge >= 0.3 is 0 Å². The predicted molar refractivity (Wildman–Crippen MR) is 66.6 cm³/mol. The molecular weight excluding hydrogens is 202 g/mol. The normalized spacial score (nSPS) is 9.88. The van der Waals surface area contributed by atoms with E-state index in [2.05, 4.69) is 10.6 Å². The number of anilines is 1. The summed E-state index contributed by atoms with van der Waals surface area (Å²) in [5.74, 6) is -0.0398. The average Bonchev–Trinajstić information content (AvgIpc) is 2.34. The number of hydrogen-bond acceptors (Lipinski definition) is 3. The van der Waals surface area contributed by atoms with Crippen LogP contribution in [0.25, 0.3) is 0 Å². The van der Waals surface area contributed by atoms with Crippen molar-refractivity contribution in [3.05, 3.63) is 29.8 Å². The summed E-state index contributed by atoms with van der Waals surface area (Å²) in [5, 5.41) is 5.87. The van der Waals surface area contributed by atoms with Crippen molar-refractivity contribution in [3.8, 4) is 0 Å². The van der Waals surface area contributed by atoms with Gasteiger partial charge in [0.25, 0.3) is 5.91 Å². The summed E-state index contributed by atoms with van der Waals surface area (Å²) in [6.45, 7) is 1.34. The predicted octanol–water partition coefficient (Wildman–Crippen LogP) is 1.20. The van der Waals surface area contributed by atoms with Crippen LogP contribution in [-0.4, -0.2) is 26.0 Å². The van der Waals surface area contributed by atoms with E-state index in [1.807, 2.05) is 24.3 Å².